The minimum Gasteiger partial charge on any atom is -0.396 e. The zero-order valence-electron chi connectivity index (χ0n) is 11.8. The summed E-state index contributed by atoms with van der Waals surface area (Å²) >= 11 is 1.41. The number of fused-ring (bicyclic) bond motifs is 1. The van der Waals surface area contributed by atoms with E-state index in [2.05, 4.69) is 24.1 Å². The van der Waals surface area contributed by atoms with Gasteiger partial charge in [-0.15, -0.1) is 11.3 Å². The molecular formula is C15H19N3OS. The number of nitrogens with two attached hydrogens (primary N) is 1. The van der Waals surface area contributed by atoms with E-state index in [9.17, 15) is 4.79 Å². The Morgan fingerprint density at radius 1 is 1.55 bits per heavy atom. The number of pyridine rings is 1. The van der Waals surface area contributed by atoms with Crippen LogP contribution in [0.3, 0.4) is 0 Å². The first kappa shape index (κ1) is 13.4. The highest BCUT2D eigenvalue weighted by atomic mass is 32.1. The van der Waals surface area contributed by atoms with Crippen LogP contribution in [0.15, 0.2) is 18.3 Å². The highest BCUT2D eigenvalue weighted by molar-refractivity contribution is 7.21. The molecule has 3 rings (SSSR count). The van der Waals surface area contributed by atoms with E-state index in [1.807, 2.05) is 12.1 Å². The monoisotopic (exact) mass is 289 g/mol. The van der Waals surface area contributed by atoms with E-state index in [0.717, 1.165) is 16.8 Å². The molecule has 1 aliphatic carbocycles. The predicted molar refractivity (Wildman–Crippen MR) is 82.9 cm³/mol. The third-order valence-electron chi connectivity index (χ3n) is 4.41. The smallest absolute Gasteiger partial charge is 0.263 e. The first-order valence-corrected chi connectivity index (χ1v) is 7.76. The molecular weight excluding hydrogens is 270 g/mol. The summed E-state index contributed by atoms with van der Waals surface area (Å²) in [7, 11) is 0. The molecule has 2 aromatic heterocycles. The van der Waals surface area contributed by atoms with Crippen LogP contribution in [0.5, 0.6) is 0 Å². The summed E-state index contributed by atoms with van der Waals surface area (Å²) in [6.07, 6.45) is 4.11. The van der Waals surface area contributed by atoms with Crippen molar-refractivity contribution in [1.29, 1.82) is 0 Å². The number of hydrogen-bond donors (Lipinski definition) is 2. The van der Waals surface area contributed by atoms with E-state index >= 15 is 0 Å². The summed E-state index contributed by atoms with van der Waals surface area (Å²) in [5.41, 5.74) is 7.57. The van der Waals surface area contributed by atoms with Crippen LogP contribution < -0.4 is 11.1 Å². The highest BCUT2D eigenvalue weighted by Gasteiger charge is 2.45. The zero-order chi connectivity index (χ0) is 14.3. The summed E-state index contributed by atoms with van der Waals surface area (Å²) in [5.74, 6) is 0.529. The molecule has 3 N–H and O–H groups in total. The summed E-state index contributed by atoms with van der Waals surface area (Å²) in [4.78, 5) is 17.1. The average Bonchev–Trinajstić information content (AvgIpc) is 3.16. The van der Waals surface area contributed by atoms with Crippen LogP contribution in [0, 0.1) is 11.3 Å². The summed E-state index contributed by atoms with van der Waals surface area (Å²) in [6.45, 7) is 5.18. The standard InChI is InChI=1S/C15H19N3OS/c1-9(2)15(5-6-15)8-18-14(19)13-11(16)12-10(20-13)4-3-7-17-12/h3-4,7,9H,5-6,8,16H2,1-2H3,(H,18,19). The van der Waals surface area contributed by atoms with Gasteiger partial charge in [0, 0.05) is 12.7 Å². The SMILES string of the molecule is CC(C)C1(CNC(=O)c2sc3cccnc3c2N)CC1. The normalized spacial score (nSPS) is 16.6. The summed E-state index contributed by atoms with van der Waals surface area (Å²) < 4.78 is 0.958. The lowest BCUT2D eigenvalue weighted by Gasteiger charge is -2.19. The number of anilines is 1. The first-order chi connectivity index (χ1) is 9.53. The van der Waals surface area contributed by atoms with Crippen molar-refractivity contribution in [3.63, 3.8) is 0 Å². The topological polar surface area (TPSA) is 68.0 Å². The second kappa shape index (κ2) is 4.74. The number of carbonyl (C=O) groups is 1. The molecule has 1 amide bonds. The van der Waals surface area contributed by atoms with Gasteiger partial charge in [-0.25, -0.2) is 0 Å². The van der Waals surface area contributed by atoms with Crippen LogP contribution >= 0.6 is 11.3 Å². The maximum absolute atomic E-state index is 12.3. The van der Waals surface area contributed by atoms with E-state index < -0.39 is 0 Å². The number of amides is 1. The van der Waals surface area contributed by atoms with Gasteiger partial charge in [-0.1, -0.05) is 13.8 Å². The van der Waals surface area contributed by atoms with Gasteiger partial charge in [0.2, 0.25) is 0 Å². The Morgan fingerprint density at radius 3 is 2.90 bits per heavy atom. The second-order valence-corrected chi connectivity index (χ2v) is 6.95. The van der Waals surface area contributed by atoms with Crippen LogP contribution in [0.2, 0.25) is 0 Å². The molecule has 0 aromatic carbocycles. The van der Waals surface area contributed by atoms with Crippen molar-refractivity contribution in [3.05, 3.63) is 23.2 Å². The Balaban J connectivity index is 1.78. The molecule has 2 heterocycles. The van der Waals surface area contributed by atoms with Crippen molar-refractivity contribution >= 4 is 33.1 Å². The largest absolute Gasteiger partial charge is 0.396 e. The molecule has 0 atom stereocenters. The molecule has 1 fully saturated rings. The molecule has 1 aliphatic rings. The molecule has 0 radical (unpaired) electrons. The molecule has 0 unspecified atom stereocenters. The van der Waals surface area contributed by atoms with Crippen LogP contribution in [0.25, 0.3) is 10.2 Å². The van der Waals surface area contributed by atoms with Crippen molar-refractivity contribution in [3.8, 4) is 0 Å². The van der Waals surface area contributed by atoms with Gasteiger partial charge in [0.05, 0.1) is 10.4 Å². The van der Waals surface area contributed by atoms with Crippen LogP contribution in [0.4, 0.5) is 5.69 Å². The lowest BCUT2D eigenvalue weighted by molar-refractivity contribution is 0.0944. The molecule has 106 valence electrons. The first-order valence-electron chi connectivity index (χ1n) is 6.95. The van der Waals surface area contributed by atoms with Crippen molar-refractivity contribution < 1.29 is 4.79 Å². The van der Waals surface area contributed by atoms with Gasteiger partial charge in [-0.3, -0.25) is 9.78 Å². The van der Waals surface area contributed by atoms with E-state index in [1.165, 1.54) is 24.2 Å². The number of nitrogen functional groups attached to an aromatic ring is 1. The van der Waals surface area contributed by atoms with Crippen LogP contribution in [0.1, 0.15) is 36.4 Å². The minimum absolute atomic E-state index is 0.0718. The fraction of sp³-hybridized carbons (Fsp3) is 0.467. The molecule has 2 aromatic rings. The number of nitrogens with zero attached hydrogens (tertiary/aromatic N) is 1. The number of rotatable bonds is 4. The number of aromatic nitrogens is 1. The second-order valence-electron chi connectivity index (χ2n) is 5.89. The average molecular weight is 289 g/mol. The van der Waals surface area contributed by atoms with Gasteiger partial charge in [-0.05, 0) is 36.3 Å². The highest BCUT2D eigenvalue weighted by Crippen LogP contribution is 2.51. The van der Waals surface area contributed by atoms with Crippen molar-refractivity contribution in [2.45, 2.75) is 26.7 Å². The van der Waals surface area contributed by atoms with Gasteiger partial charge in [-0.2, -0.15) is 0 Å². The van der Waals surface area contributed by atoms with E-state index in [-0.39, 0.29) is 5.91 Å². The Bertz CT molecular complexity index is 658. The van der Waals surface area contributed by atoms with E-state index in [1.54, 1.807) is 6.20 Å². The fourth-order valence-electron chi connectivity index (χ4n) is 2.57. The maximum Gasteiger partial charge on any atom is 0.263 e. The van der Waals surface area contributed by atoms with Gasteiger partial charge in [0.1, 0.15) is 10.4 Å². The lowest BCUT2D eigenvalue weighted by Crippen LogP contribution is -2.32. The van der Waals surface area contributed by atoms with Gasteiger partial charge < -0.3 is 11.1 Å². The zero-order valence-corrected chi connectivity index (χ0v) is 12.6. The third kappa shape index (κ3) is 2.16. The van der Waals surface area contributed by atoms with E-state index in [4.69, 9.17) is 5.73 Å². The molecule has 0 aliphatic heterocycles. The summed E-state index contributed by atoms with van der Waals surface area (Å²) in [5, 5.41) is 3.05. The molecule has 0 spiro atoms. The maximum atomic E-state index is 12.3. The quantitative estimate of drug-likeness (QED) is 0.909. The molecule has 5 heteroatoms. The van der Waals surface area contributed by atoms with Gasteiger partial charge in [0.15, 0.2) is 0 Å². The fourth-order valence-corrected chi connectivity index (χ4v) is 3.57. The van der Waals surface area contributed by atoms with Crippen molar-refractivity contribution in [1.82, 2.24) is 10.3 Å². The number of nitrogens with one attached hydrogen (secondary N) is 1. The Labute approximate surface area is 122 Å². The Hall–Kier alpha value is -1.62. The van der Waals surface area contributed by atoms with Crippen molar-refractivity contribution in [2.24, 2.45) is 11.3 Å². The lowest BCUT2D eigenvalue weighted by atomic mass is 9.92. The molecule has 20 heavy (non-hydrogen) atoms. The predicted octanol–water partition coefficient (Wildman–Crippen LogP) is 3.04. The Morgan fingerprint density at radius 2 is 2.30 bits per heavy atom. The van der Waals surface area contributed by atoms with Gasteiger partial charge in [0.25, 0.3) is 5.91 Å². The number of carbonyl (C=O) groups excluding carboxylic acids is 1. The minimum atomic E-state index is -0.0718. The third-order valence-corrected chi connectivity index (χ3v) is 5.57. The van der Waals surface area contributed by atoms with Crippen LogP contribution in [-0.4, -0.2) is 17.4 Å². The van der Waals surface area contributed by atoms with Crippen LogP contribution in [-0.2, 0) is 0 Å². The molecule has 4 nitrogen and oxygen atoms in total. The molecule has 1 saturated carbocycles. The number of thiophene rings is 1. The van der Waals surface area contributed by atoms with Gasteiger partial charge >= 0.3 is 0 Å². The molecule has 0 bridgehead atoms. The Kier molecular flexibility index (Phi) is 3.17. The van der Waals surface area contributed by atoms with E-state index in [0.29, 0.717) is 21.9 Å². The van der Waals surface area contributed by atoms with Crippen molar-refractivity contribution in [2.75, 3.05) is 12.3 Å². The summed E-state index contributed by atoms with van der Waals surface area (Å²) in [6, 6.07) is 3.80. The molecule has 0 saturated heterocycles. The number of hydrogen-bond acceptors (Lipinski definition) is 4.